The van der Waals surface area contributed by atoms with Gasteiger partial charge in [-0.25, -0.2) is 4.98 Å². The summed E-state index contributed by atoms with van der Waals surface area (Å²) in [5, 5.41) is 0. The van der Waals surface area contributed by atoms with Crippen LogP contribution in [0, 0.1) is 6.92 Å². The van der Waals surface area contributed by atoms with Crippen LogP contribution in [0.5, 0.6) is 0 Å². The molecule has 0 aliphatic rings. The quantitative estimate of drug-likeness (QED) is 0.426. The molecule has 3 nitrogen and oxygen atoms in total. The molecular weight excluding hydrogens is 374 g/mol. The fourth-order valence-corrected chi connectivity index (χ4v) is 4.02. The molecule has 2 aromatic carbocycles. The molecule has 0 aliphatic heterocycles. The van der Waals surface area contributed by atoms with Gasteiger partial charge in [0.1, 0.15) is 11.5 Å². The van der Waals surface area contributed by atoms with E-state index in [0.29, 0.717) is 23.8 Å². The van der Waals surface area contributed by atoms with Crippen molar-refractivity contribution in [3.8, 4) is 11.5 Å². The maximum atomic E-state index is 12.1. The summed E-state index contributed by atoms with van der Waals surface area (Å²) in [6, 6.07) is 18.3. The molecule has 1 aromatic heterocycles. The number of aromatic nitrogens is 1. The number of ketones is 1. The third-order valence-electron chi connectivity index (χ3n) is 4.27. The second-order valence-electron chi connectivity index (χ2n) is 6.27. The molecule has 140 valence electrons. The van der Waals surface area contributed by atoms with Crippen molar-refractivity contribution in [2.24, 2.45) is 0 Å². The lowest BCUT2D eigenvalue weighted by Crippen LogP contribution is -2.03. The zero-order valence-corrected chi connectivity index (χ0v) is 17.2. The first-order valence-corrected chi connectivity index (χ1v) is 11.3. The van der Waals surface area contributed by atoms with E-state index in [9.17, 15) is 4.79 Å². The van der Waals surface area contributed by atoms with Gasteiger partial charge in [-0.3, -0.25) is 4.79 Å². The molecule has 0 bridgehead atoms. The Hall–Kier alpha value is -1.98. The topological polar surface area (TPSA) is 43.1 Å². The van der Waals surface area contributed by atoms with Gasteiger partial charge in [0, 0.05) is 22.6 Å². The van der Waals surface area contributed by atoms with E-state index in [1.807, 2.05) is 37.3 Å². The van der Waals surface area contributed by atoms with Crippen LogP contribution in [0.2, 0.25) is 0 Å². The maximum Gasteiger partial charge on any atom is 0.226 e. The Morgan fingerprint density at radius 1 is 1.07 bits per heavy atom. The number of nitrogens with zero attached hydrogens (tertiary/aromatic N) is 1. The van der Waals surface area contributed by atoms with Crippen LogP contribution >= 0.6 is 23.5 Å². The van der Waals surface area contributed by atoms with Crippen molar-refractivity contribution in [2.75, 3.05) is 12.0 Å². The fourth-order valence-electron chi connectivity index (χ4n) is 2.68. The van der Waals surface area contributed by atoms with Crippen molar-refractivity contribution in [1.29, 1.82) is 0 Å². The first kappa shape index (κ1) is 19.8. The minimum atomic E-state index is 0.276. The predicted molar refractivity (Wildman–Crippen MR) is 114 cm³/mol. The summed E-state index contributed by atoms with van der Waals surface area (Å²) < 4.78 is 5.82. The maximum absolute atomic E-state index is 12.1. The molecule has 0 amide bonds. The Bertz CT molecular complexity index is 873. The van der Waals surface area contributed by atoms with Crippen LogP contribution in [0.15, 0.2) is 63.9 Å². The average Bonchev–Trinajstić information content (AvgIpc) is 3.08. The van der Waals surface area contributed by atoms with E-state index in [1.54, 1.807) is 23.5 Å². The van der Waals surface area contributed by atoms with Gasteiger partial charge < -0.3 is 4.42 Å². The Morgan fingerprint density at radius 3 is 2.52 bits per heavy atom. The number of Topliss-reactive ketones (excluding diaryl/α,β-unsaturated/α-hetero) is 1. The van der Waals surface area contributed by atoms with Crippen molar-refractivity contribution in [3.05, 3.63) is 71.6 Å². The second kappa shape index (κ2) is 9.81. The van der Waals surface area contributed by atoms with Gasteiger partial charge in [0.15, 0.2) is 0 Å². The number of rotatable bonds is 9. The molecule has 3 rings (SSSR count). The number of oxazole rings is 1. The van der Waals surface area contributed by atoms with E-state index in [0.717, 1.165) is 23.4 Å². The van der Waals surface area contributed by atoms with Crippen molar-refractivity contribution >= 4 is 29.3 Å². The van der Waals surface area contributed by atoms with Crippen molar-refractivity contribution in [1.82, 2.24) is 4.98 Å². The fraction of sp³-hybridized carbons (Fsp3) is 0.273. The molecule has 0 radical (unpaired) electrons. The highest BCUT2D eigenvalue weighted by Crippen LogP contribution is 2.26. The third-order valence-corrected chi connectivity index (χ3v) is 6.01. The summed E-state index contributed by atoms with van der Waals surface area (Å²) in [4.78, 5) is 17.9. The van der Waals surface area contributed by atoms with E-state index >= 15 is 0 Å². The summed E-state index contributed by atoms with van der Waals surface area (Å²) in [6.45, 7) is 1.93. The lowest BCUT2D eigenvalue weighted by Gasteiger charge is -2.01. The van der Waals surface area contributed by atoms with Crippen LogP contribution in [-0.2, 0) is 17.0 Å². The number of carbonyl (C=O) groups excluding carboxylic acids is 1. The monoisotopic (exact) mass is 397 g/mol. The van der Waals surface area contributed by atoms with Crippen LogP contribution in [0.3, 0.4) is 0 Å². The lowest BCUT2D eigenvalue weighted by molar-refractivity contribution is -0.116. The minimum Gasteiger partial charge on any atom is -0.441 e. The number of hydrogen-bond acceptors (Lipinski definition) is 5. The van der Waals surface area contributed by atoms with Crippen LogP contribution in [-0.4, -0.2) is 22.8 Å². The average molecular weight is 398 g/mol. The highest BCUT2D eigenvalue weighted by Gasteiger charge is 2.12. The van der Waals surface area contributed by atoms with Gasteiger partial charge in [0.2, 0.25) is 5.89 Å². The zero-order chi connectivity index (χ0) is 19.1. The lowest BCUT2D eigenvalue weighted by atomic mass is 10.1. The molecule has 0 N–H and O–H groups in total. The highest BCUT2D eigenvalue weighted by molar-refractivity contribution is 7.99. The molecule has 0 spiro atoms. The SMILES string of the molecule is CSc1ccc(-c2nc(CSCC(=O)CCc3ccccc3)c(C)o2)cc1. The molecule has 0 aliphatic carbocycles. The van der Waals surface area contributed by atoms with Crippen LogP contribution < -0.4 is 0 Å². The molecule has 0 saturated heterocycles. The Labute approximate surface area is 169 Å². The van der Waals surface area contributed by atoms with Crippen LogP contribution in [0.25, 0.3) is 11.5 Å². The normalized spacial score (nSPS) is 10.9. The standard InChI is InChI=1S/C22H23NO2S2/c1-16-21(23-22(25-16)18-9-12-20(26-2)13-10-18)15-27-14-19(24)11-8-17-6-4-3-5-7-17/h3-7,9-10,12-13H,8,11,14-15H2,1-2H3. The van der Waals surface area contributed by atoms with Crippen LogP contribution in [0.4, 0.5) is 0 Å². The minimum absolute atomic E-state index is 0.276. The molecule has 27 heavy (non-hydrogen) atoms. The largest absolute Gasteiger partial charge is 0.441 e. The van der Waals surface area contributed by atoms with Gasteiger partial charge in [0.25, 0.3) is 0 Å². The first-order valence-electron chi connectivity index (χ1n) is 8.90. The van der Waals surface area contributed by atoms with E-state index in [2.05, 4.69) is 35.5 Å². The summed E-state index contributed by atoms with van der Waals surface area (Å²) in [6.07, 6.45) is 3.45. The Kier molecular flexibility index (Phi) is 7.18. The third kappa shape index (κ3) is 5.75. The first-order chi connectivity index (χ1) is 13.2. The highest BCUT2D eigenvalue weighted by atomic mass is 32.2. The predicted octanol–water partition coefficient (Wildman–Crippen LogP) is 5.81. The molecule has 1 heterocycles. The van der Waals surface area contributed by atoms with Crippen molar-refractivity contribution < 1.29 is 9.21 Å². The van der Waals surface area contributed by atoms with E-state index < -0.39 is 0 Å². The van der Waals surface area contributed by atoms with Gasteiger partial charge in [0.05, 0.1) is 11.4 Å². The molecular formula is C22H23NO2S2. The summed E-state index contributed by atoms with van der Waals surface area (Å²) >= 11 is 3.31. The molecule has 3 aromatic rings. The second-order valence-corrected chi connectivity index (χ2v) is 8.13. The Morgan fingerprint density at radius 2 is 1.81 bits per heavy atom. The number of benzene rings is 2. The number of carbonyl (C=O) groups is 1. The van der Waals surface area contributed by atoms with E-state index in [1.165, 1.54) is 10.5 Å². The van der Waals surface area contributed by atoms with E-state index in [4.69, 9.17) is 4.42 Å². The van der Waals surface area contributed by atoms with Gasteiger partial charge in [-0.15, -0.1) is 23.5 Å². The molecule has 0 saturated carbocycles. The number of aryl methyl sites for hydroxylation is 2. The summed E-state index contributed by atoms with van der Waals surface area (Å²) in [7, 11) is 0. The summed E-state index contributed by atoms with van der Waals surface area (Å²) in [5.74, 6) is 2.94. The summed E-state index contributed by atoms with van der Waals surface area (Å²) in [5.41, 5.74) is 3.10. The van der Waals surface area contributed by atoms with Gasteiger partial charge in [-0.2, -0.15) is 0 Å². The Balaban J connectivity index is 1.49. The van der Waals surface area contributed by atoms with E-state index in [-0.39, 0.29) is 5.78 Å². The van der Waals surface area contributed by atoms with Crippen molar-refractivity contribution in [3.63, 3.8) is 0 Å². The molecule has 0 unspecified atom stereocenters. The molecule has 0 fully saturated rings. The van der Waals surface area contributed by atoms with Gasteiger partial charge in [-0.05, 0) is 49.4 Å². The van der Waals surface area contributed by atoms with Gasteiger partial charge >= 0.3 is 0 Å². The molecule has 5 heteroatoms. The number of hydrogen-bond donors (Lipinski definition) is 0. The van der Waals surface area contributed by atoms with Crippen molar-refractivity contribution in [2.45, 2.75) is 30.4 Å². The zero-order valence-electron chi connectivity index (χ0n) is 15.6. The van der Waals surface area contributed by atoms with Gasteiger partial charge in [-0.1, -0.05) is 30.3 Å². The molecule has 0 atom stereocenters. The smallest absolute Gasteiger partial charge is 0.226 e. The number of thioether (sulfide) groups is 2. The van der Waals surface area contributed by atoms with Crippen LogP contribution in [0.1, 0.15) is 23.4 Å².